The molecule has 2 aliphatic rings. The van der Waals surface area contributed by atoms with Gasteiger partial charge in [0.05, 0.1) is 24.3 Å². The van der Waals surface area contributed by atoms with Gasteiger partial charge in [0.15, 0.2) is 0 Å². The lowest BCUT2D eigenvalue weighted by Gasteiger charge is -2.28. The van der Waals surface area contributed by atoms with E-state index in [0.717, 1.165) is 62.9 Å². The molecule has 1 aliphatic carbocycles. The maximum absolute atomic E-state index is 12.6. The second-order valence-corrected chi connectivity index (χ2v) is 9.99. The van der Waals surface area contributed by atoms with Crippen LogP contribution in [0.15, 0.2) is 48.7 Å². The Morgan fingerprint density at radius 3 is 2.33 bits per heavy atom. The number of rotatable bonds is 8. The molecule has 40 heavy (non-hydrogen) atoms. The Bertz CT molecular complexity index is 1100. The highest BCUT2D eigenvalue weighted by molar-refractivity contribution is 5.96. The molecule has 1 aromatic heterocycles. The zero-order chi connectivity index (χ0) is 29.0. The summed E-state index contributed by atoms with van der Waals surface area (Å²) in [6, 6.07) is 10.5. The maximum atomic E-state index is 12.6. The number of nitrogens with one attached hydrogen (secondary N) is 3. The predicted octanol–water partition coefficient (Wildman–Crippen LogP) is 3.92. The van der Waals surface area contributed by atoms with Gasteiger partial charge in [-0.1, -0.05) is 19.1 Å². The van der Waals surface area contributed by atoms with Crippen LogP contribution in [0.2, 0.25) is 0 Å². The van der Waals surface area contributed by atoms with Crippen LogP contribution in [0, 0.1) is 5.92 Å². The first-order chi connectivity index (χ1) is 19.2. The summed E-state index contributed by atoms with van der Waals surface area (Å²) in [5, 5.41) is 8.81. The Morgan fingerprint density at radius 2 is 1.70 bits per heavy atom. The first-order valence-corrected chi connectivity index (χ1v) is 13.8. The summed E-state index contributed by atoms with van der Waals surface area (Å²) in [6.07, 6.45) is 3.33. The minimum Gasteiger partial charge on any atom is -0.350 e. The molecule has 0 radical (unpaired) electrons. The average molecular weight is 562 g/mol. The largest absolute Gasteiger partial charge is 0.416 e. The van der Waals surface area contributed by atoms with E-state index in [1.165, 1.54) is 12.1 Å². The number of carbonyl (C=O) groups excluding carboxylic acids is 3. The smallest absolute Gasteiger partial charge is 0.350 e. The van der Waals surface area contributed by atoms with Crippen molar-refractivity contribution in [2.75, 3.05) is 26.2 Å². The highest BCUT2D eigenvalue weighted by Crippen LogP contribution is 2.29. The summed E-state index contributed by atoms with van der Waals surface area (Å²) in [7, 11) is 0. The number of halogens is 3. The van der Waals surface area contributed by atoms with Gasteiger partial charge in [-0.25, -0.2) is 0 Å². The zero-order valence-corrected chi connectivity index (χ0v) is 22.8. The second-order valence-electron chi connectivity index (χ2n) is 9.99. The van der Waals surface area contributed by atoms with Gasteiger partial charge in [0, 0.05) is 36.8 Å². The number of carbonyl (C=O) groups is 3. The monoisotopic (exact) mass is 561 g/mol. The number of alkyl halides is 3. The average Bonchev–Trinajstić information content (AvgIpc) is 3.51. The lowest BCUT2D eigenvalue weighted by Crippen LogP contribution is -2.38. The quantitative estimate of drug-likeness (QED) is 0.453. The molecule has 1 saturated carbocycles. The van der Waals surface area contributed by atoms with Crippen molar-refractivity contribution in [1.82, 2.24) is 25.8 Å². The number of hydrogen-bond donors (Lipinski definition) is 3. The van der Waals surface area contributed by atoms with Gasteiger partial charge in [-0.05, 0) is 75.4 Å². The number of hydrogen-bond acceptors (Lipinski definition) is 5. The van der Waals surface area contributed by atoms with Crippen molar-refractivity contribution in [3.8, 4) is 0 Å². The van der Waals surface area contributed by atoms with Gasteiger partial charge < -0.3 is 20.9 Å². The highest BCUT2D eigenvalue weighted by atomic mass is 19.4. The number of amides is 3. The van der Waals surface area contributed by atoms with Crippen molar-refractivity contribution >= 4 is 17.7 Å². The predicted molar refractivity (Wildman–Crippen MR) is 145 cm³/mol. The van der Waals surface area contributed by atoms with E-state index in [1.54, 1.807) is 11.1 Å². The molecule has 0 atom stereocenters. The number of likely N-dealkylation sites (tertiary alicyclic amines) is 1. The van der Waals surface area contributed by atoms with Crippen molar-refractivity contribution in [1.29, 1.82) is 0 Å². The van der Waals surface area contributed by atoms with Crippen LogP contribution >= 0.6 is 0 Å². The molecule has 2 aromatic rings. The summed E-state index contributed by atoms with van der Waals surface area (Å²) in [5.74, 6) is -0.541. The fourth-order valence-electron chi connectivity index (χ4n) is 4.85. The SMILES string of the molecule is CCNC1CCC(C(=O)NCc2ccccn2)CC1.O=C(NCC(=O)N1CCCC1)c1cccc(C(F)(F)F)c1. The van der Waals surface area contributed by atoms with Crippen molar-refractivity contribution in [3.63, 3.8) is 0 Å². The number of aromatic nitrogens is 1. The molecule has 1 saturated heterocycles. The second kappa shape index (κ2) is 15.4. The Hall–Kier alpha value is -3.47. The van der Waals surface area contributed by atoms with Crippen molar-refractivity contribution < 1.29 is 27.6 Å². The van der Waals surface area contributed by atoms with Gasteiger partial charge in [-0.3, -0.25) is 19.4 Å². The van der Waals surface area contributed by atoms with Crippen LogP contribution in [-0.4, -0.2) is 59.8 Å². The zero-order valence-electron chi connectivity index (χ0n) is 22.8. The maximum Gasteiger partial charge on any atom is 0.416 e. The Kier molecular flexibility index (Phi) is 11.9. The molecule has 0 unspecified atom stereocenters. The summed E-state index contributed by atoms with van der Waals surface area (Å²) in [5.41, 5.74) is -0.0859. The highest BCUT2D eigenvalue weighted by Gasteiger charge is 2.31. The van der Waals surface area contributed by atoms with E-state index in [2.05, 4.69) is 27.9 Å². The third kappa shape index (κ3) is 9.93. The van der Waals surface area contributed by atoms with Crippen LogP contribution < -0.4 is 16.0 Å². The minimum atomic E-state index is -4.50. The molecular weight excluding hydrogens is 523 g/mol. The van der Waals surface area contributed by atoms with E-state index in [9.17, 15) is 27.6 Å². The van der Waals surface area contributed by atoms with Gasteiger partial charge in [-0.2, -0.15) is 13.2 Å². The van der Waals surface area contributed by atoms with E-state index in [1.807, 2.05) is 18.2 Å². The molecule has 3 amide bonds. The van der Waals surface area contributed by atoms with E-state index >= 15 is 0 Å². The van der Waals surface area contributed by atoms with E-state index in [4.69, 9.17) is 0 Å². The molecule has 11 heteroatoms. The van der Waals surface area contributed by atoms with Crippen LogP contribution in [-0.2, 0) is 22.3 Å². The fraction of sp³-hybridized carbons (Fsp3) is 0.517. The van der Waals surface area contributed by atoms with E-state index in [0.29, 0.717) is 25.7 Å². The van der Waals surface area contributed by atoms with Crippen LogP contribution in [0.1, 0.15) is 67.1 Å². The van der Waals surface area contributed by atoms with Crippen LogP contribution in [0.4, 0.5) is 13.2 Å². The molecule has 0 spiro atoms. The lowest BCUT2D eigenvalue weighted by atomic mass is 9.85. The Morgan fingerprint density at radius 1 is 0.975 bits per heavy atom. The molecule has 1 aliphatic heterocycles. The van der Waals surface area contributed by atoms with Crippen molar-refractivity contribution in [2.24, 2.45) is 5.92 Å². The van der Waals surface area contributed by atoms with Gasteiger partial charge in [0.25, 0.3) is 5.91 Å². The topological polar surface area (TPSA) is 103 Å². The summed E-state index contributed by atoms with van der Waals surface area (Å²) < 4.78 is 37.7. The lowest BCUT2D eigenvalue weighted by molar-refractivity contribution is -0.137. The molecule has 2 fully saturated rings. The number of benzene rings is 1. The molecular formula is C29H38F3N5O3. The normalized spacial score (nSPS) is 18.9. The third-order valence-corrected chi connectivity index (χ3v) is 7.07. The Labute approximate surface area is 233 Å². The molecule has 4 rings (SSSR count). The van der Waals surface area contributed by atoms with Gasteiger partial charge in [0.1, 0.15) is 0 Å². The number of nitrogens with zero attached hydrogens (tertiary/aromatic N) is 2. The summed E-state index contributed by atoms with van der Waals surface area (Å²) >= 11 is 0. The summed E-state index contributed by atoms with van der Waals surface area (Å²) in [4.78, 5) is 41.4. The molecule has 218 valence electrons. The standard InChI is InChI=1S/C15H23N3O.C14H15F3N2O2/c1-2-16-13-8-6-12(7-9-13)15(19)18-11-14-5-3-4-10-17-14;15-14(16,17)11-5-3-4-10(8-11)13(21)18-9-12(20)19-6-1-2-7-19/h3-5,10,12-13,16H,2,6-9,11H2,1H3,(H,18,19);3-5,8H,1-2,6-7,9H2,(H,18,21). The Balaban J connectivity index is 0.000000222. The van der Waals surface area contributed by atoms with Crippen LogP contribution in [0.25, 0.3) is 0 Å². The first-order valence-electron chi connectivity index (χ1n) is 13.8. The third-order valence-electron chi connectivity index (χ3n) is 7.07. The number of pyridine rings is 1. The molecule has 8 nitrogen and oxygen atoms in total. The van der Waals surface area contributed by atoms with Gasteiger partial charge >= 0.3 is 6.18 Å². The van der Waals surface area contributed by atoms with E-state index in [-0.39, 0.29) is 29.8 Å². The van der Waals surface area contributed by atoms with Crippen LogP contribution in [0.5, 0.6) is 0 Å². The molecule has 3 N–H and O–H groups in total. The minimum absolute atomic E-state index is 0.112. The molecule has 2 heterocycles. The van der Waals surface area contributed by atoms with E-state index < -0.39 is 17.6 Å². The summed E-state index contributed by atoms with van der Waals surface area (Å²) in [6.45, 7) is 4.81. The van der Waals surface area contributed by atoms with Gasteiger partial charge in [0.2, 0.25) is 11.8 Å². The molecule has 0 bridgehead atoms. The van der Waals surface area contributed by atoms with Gasteiger partial charge in [-0.15, -0.1) is 0 Å². The fourth-order valence-corrected chi connectivity index (χ4v) is 4.85. The first kappa shape index (κ1) is 31.1. The van der Waals surface area contributed by atoms with Crippen molar-refractivity contribution in [2.45, 2.75) is 64.2 Å². The molecule has 1 aromatic carbocycles. The van der Waals surface area contributed by atoms with Crippen molar-refractivity contribution in [3.05, 3.63) is 65.5 Å². The van der Waals surface area contributed by atoms with Crippen LogP contribution in [0.3, 0.4) is 0 Å².